The van der Waals surface area contributed by atoms with Gasteiger partial charge in [0.05, 0.1) is 13.2 Å². The van der Waals surface area contributed by atoms with Crippen molar-refractivity contribution < 1.29 is 19.7 Å². The van der Waals surface area contributed by atoms with E-state index in [0.29, 0.717) is 12.3 Å². The molecule has 0 amide bonds. The van der Waals surface area contributed by atoms with Crippen LogP contribution in [0.25, 0.3) is 0 Å². The number of aliphatic hydroxyl groups excluding tert-OH is 2. The molecule has 1 unspecified atom stereocenters. The van der Waals surface area contributed by atoms with Crippen LogP contribution in [-0.4, -0.2) is 35.5 Å². The van der Waals surface area contributed by atoms with Crippen LogP contribution in [0.15, 0.2) is 0 Å². The van der Waals surface area contributed by atoms with Gasteiger partial charge in [0.15, 0.2) is 0 Å². The maximum absolute atomic E-state index is 12.3. The highest BCUT2D eigenvalue weighted by atomic mass is 16.6. The largest absolute Gasteiger partial charge is 0.457 e. The molecule has 192 valence electrons. The Morgan fingerprint density at radius 3 is 1.28 bits per heavy atom. The van der Waals surface area contributed by atoms with Crippen LogP contribution in [0.1, 0.15) is 149 Å². The zero-order valence-electron chi connectivity index (χ0n) is 21.6. The molecule has 0 aliphatic heterocycles. The molecule has 0 rings (SSSR count). The zero-order chi connectivity index (χ0) is 23.7. The number of hydrogen-bond acceptors (Lipinski definition) is 4. The first-order chi connectivity index (χ1) is 15.7. The molecule has 4 nitrogen and oxygen atoms in total. The molecule has 1 atom stereocenters. The highest BCUT2D eigenvalue weighted by molar-refractivity contribution is 5.69. The Morgan fingerprint density at radius 2 is 0.938 bits per heavy atom. The molecule has 0 saturated carbocycles. The molecule has 0 aliphatic rings. The van der Waals surface area contributed by atoms with Gasteiger partial charge in [-0.05, 0) is 18.8 Å². The van der Waals surface area contributed by atoms with Crippen molar-refractivity contribution in [1.82, 2.24) is 0 Å². The second kappa shape index (κ2) is 25.0. The number of unbranched alkanes of at least 4 members (excludes halogenated alkanes) is 16. The van der Waals surface area contributed by atoms with Gasteiger partial charge in [0.25, 0.3) is 0 Å². The summed E-state index contributed by atoms with van der Waals surface area (Å²) in [5.74, 6) is 0.101. The van der Waals surface area contributed by atoms with Gasteiger partial charge in [0.2, 0.25) is 0 Å². The topological polar surface area (TPSA) is 66.8 Å². The van der Waals surface area contributed by atoms with Crippen LogP contribution in [0.2, 0.25) is 0 Å². The second-order valence-electron chi connectivity index (χ2n) is 9.78. The quantitative estimate of drug-likeness (QED) is 0.109. The van der Waals surface area contributed by atoms with Crippen LogP contribution in [0.3, 0.4) is 0 Å². The maximum atomic E-state index is 12.3. The fourth-order valence-electron chi connectivity index (χ4n) is 4.44. The van der Waals surface area contributed by atoms with Crippen LogP contribution in [0, 0.1) is 5.92 Å². The molecular weight excluding hydrogens is 400 g/mol. The molecule has 2 N–H and O–H groups in total. The Morgan fingerprint density at radius 1 is 0.594 bits per heavy atom. The van der Waals surface area contributed by atoms with Crippen LogP contribution >= 0.6 is 0 Å². The molecule has 32 heavy (non-hydrogen) atoms. The summed E-state index contributed by atoms with van der Waals surface area (Å²) >= 11 is 0. The maximum Gasteiger partial charge on any atom is 0.306 e. The van der Waals surface area contributed by atoms with Gasteiger partial charge in [0.1, 0.15) is 6.10 Å². The fraction of sp³-hybridized carbons (Fsp3) is 0.964. The second-order valence-corrected chi connectivity index (χ2v) is 9.78. The monoisotopic (exact) mass is 456 g/mol. The third-order valence-corrected chi connectivity index (χ3v) is 6.59. The van der Waals surface area contributed by atoms with E-state index in [0.717, 1.165) is 12.8 Å². The minimum absolute atomic E-state index is 0.269. The Kier molecular flexibility index (Phi) is 24.5. The predicted molar refractivity (Wildman–Crippen MR) is 136 cm³/mol. The number of ether oxygens (including phenoxy) is 1. The van der Waals surface area contributed by atoms with Crippen LogP contribution < -0.4 is 0 Å². The summed E-state index contributed by atoms with van der Waals surface area (Å²) in [6.45, 7) is 3.88. The van der Waals surface area contributed by atoms with Crippen LogP contribution in [0.4, 0.5) is 0 Å². The SMILES string of the molecule is CCCCCCCCCCCCC(CCCCCCCCCC)CC(=O)OC(CO)CO. The third-order valence-electron chi connectivity index (χ3n) is 6.59. The molecule has 0 fully saturated rings. The first kappa shape index (κ1) is 31.4. The van der Waals surface area contributed by atoms with Crippen molar-refractivity contribution in [3.63, 3.8) is 0 Å². The molecule has 0 aromatic rings. The van der Waals surface area contributed by atoms with E-state index in [1.165, 1.54) is 116 Å². The lowest BCUT2D eigenvalue weighted by atomic mass is 9.91. The van der Waals surface area contributed by atoms with Gasteiger partial charge in [-0.15, -0.1) is 0 Å². The van der Waals surface area contributed by atoms with Crippen molar-refractivity contribution in [2.24, 2.45) is 5.92 Å². The highest BCUT2D eigenvalue weighted by Gasteiger charge is 2.18. The van der Waals surface area contributed by atoms with Gasteiger partial charge in [-0.25, -0.2) is 0 Å². The molecule has 0 bridgehead atoms. The summed E-state index contributed by atoms with van der Waals surface area (Å²) in [4.78, 5) is 12.3. The minimum atomic E-state index is -0.774. The average Bonchev–Trinajstić information content (AvgIpc) is 2.80. The first-order valence-electron chi connectivity index (χ1n) is 14.1. The van der Waals surface area contributed by atoms with Gasteiger partial charge in [-0.3, -0.25) is 4.79 Å². The lowest BCUT2D eigenvalue weighted by Crippen LogP contribution is -2.26. The van der Waals surface area contributed by atoms with Gasteiger partial charge >= 0.3 is 5.97 Å². The normalized spacial score (nSPS) is 12.4. The number of rotatable bonds is 25. The molecular formula is C28H56O4. The molecule has 0 spiro atoms. The summed E-state index contributed by atoms with van der Waals surface area (Å²) in [5, 5.41) is 18.3. The molecule has 0 saturated heterocycles. The minimum Gasteiger partial charge on any atom is -0.457 e. The molecule has 0 aromatic heterocycles. The highest BCUT2D eigenvalue weighted by Crippen LogP contribution is 2.23. The van der Waals surface area contributed by atoms with E-state index in [-0.39, 0.29) is 19.2 Å². The number of hydrogen-bond donors (Lipinski definition) is 2. The number of carbonyl (C=O) groups is 1. The lowest BCUT2D eigenvalue weighted by Gasteiger charge is -2.18. The number of carbonyl (C=O) groups excluding carboxylic acids is 1. The number of esters is 1. The summed E-state index contributed by atoms with van der Waals surface area (Å²) in [6.07, 6.45) is 25.6. The standard InChI is InChI=1S/C28H56O4/c1-3-5-7-9-11-13-14-16-18-20-22-26(23-28(31)32-27(24-29)25-30)21-19-17-15-12-10-8-6-4-2/h26-27,29-30H,3-25H2,1-2H3. The van der Waals surface area contributed by atoms with E-state index in [4.69, 9.17) is 14.9 Å². The average molecular weight is 457 g/mol. The van der Waals surface area contributed by atoms with E-state index in [1.54, 1.807) is 0 Å². The van der Waals surface area contributed by atoms with Crippen molar-refractivity contribution in [3.05, 3.63) is 0 Å². The zero-order valence-corrected chi connectivity index (χ0v) is 21.6. The van der Waals surface area contributed by atoms with E-state index in [1.807, 2.05) is 0 Å². The molecule has 4 heteroatoms. The van der Waals surface area contributed by atoms with Crippen LogP contribution in [0.5, 0.6) is 0 Å². The van der Waals surface area contributed by atoms with Crippen LogP contribution in [-0.2, 0) is 9.53 Å². The molecule has 0 aromatic carbocycles. The van der Waals surface area contributed by atoms with Crippen molar-refractivity contribution in [1.29, 1.82) is 0 Å². The van der Waals surface area contributed by atoms with E-state index >= 15 is 0 Å². The van der Waals surface area contributed by atoms with Crippen molar-refractivity contribution in [2.75, 3.05) is 13.2 Å². The van der Waals surface area contributed by atoms with E-state index in [2.05, 4.69) is 13.8 Å². The Bertz CT molecular complexity index is 382. The Hall–Kier alpha value is -0.610. The summed E-state index contributed by atoms with van der Waals surface area (Å²) in [7, 11) is 0. The summed E-state index contributed by atoms with van der Waals surface area (Å²) in [5.41, 5.74) is 0. The third kappa shape index (κ3) is 21.2. The Labute approximate surface area is 199 Å². The smallest absolute Gasteiger partial charge is 0.306 e. The van der Waals surface area contributed by atoms with Crippen molar-refractivity contribution in [3.8, 4) is 0 Å². The van der Waals surface area contributed by atoms with Crippen molar-refractivity contribution in [2.45, 2.75) is 155 Å². The molecule has 0 radical (unpaired) electrons. The Balaban J connectivity index is 4.07. The van der Waals surface area contributed by atoms with Gasteiger partial charge in [-0.1, -0.05) is 129 Å². The lowest BCUT2D eigenvalue weighted by molar-refractivity contribution is -0.154. The van der Waals surface area contributed by atoms with Gasteiger partial charge in [0, 0.05) is 6.42 Å². The summed E-state index contributed by atoms with van der Waals surface area (Å²) in [6, 6.07) is 0. The number of aliphatic hydroxyl groups is 2. The van der Waals surface area contributed by atoms with E-state index in [9.17, 15) is 4.79 Å². The molecule has 0 heterocycles. The van der Waals surface area contributed by atoms with Gasteiger partial charge < -0.3 is 14.9 Å². The van der Waals surface area contributed by atoms with Gasteiger partial charge in [-0.2, -0.15) is 0 Å². The first-order valence-corrected chi connectivity index (χ1v) is 14.1. The predicted octanol–water partition coefficient (Wildman–Crippen LogP) is 7.73. The van der Waals surface area contributed by atoms with E-state index < -0.39 is 6.10 Å². The van der Waals surface area contributed by atoms with Crippen molar-refractivity contribution >= 4 is 5.97 Å². The summed E-state index contributed by atoms with van der Waals surface area (Å²) < 4.78 is 5.22. The fourth-order valence-corrected chi connectivity index (χ4v) is 4.44. The molecule has 0 aliphatic carbocycles.